The predicted molar refractivity (Wildman–Crippen MR) is 77.8 cm³/mol. The number of hydrogen-bond donors (Lipinski definition) is 1. The van der Waals surface area contributed by atoms with Crippen molar-refractivity contribution >= 4 is 15.9 Å². The van der Waals surface area contributed by atoms with Crippen LogP contribution in [0.15, 0.2) is 28.7 Å². The Morgan fingerprint density at radius 3 is 2.56 bits per heavy atom. The zero-order valence-corrected chi connectivity index (χ0v) is 12.5. The molecule has 0 bridgehead atoms. The summed E-state index contributed by atoms with van der Waals surface area (Å²) in [5.74, 6) is 0. The van der Waals surface area contributed by atoms with Crippen LogP contribution in [0.5, 0.6) is 0 Å². The van der Waals surface area contributed by atoms with Crippen molar-refractivity contribution in [3.63, 3.8) is 0 Å². The highest BCUT2D eigenvalue weighted by Gasteiger charge is 1.93. The number of rotatable bonds is 10. The summed E-state index contributed by atoms with van der Waals surface area (Å²) in [6.07, 6.45) is 2.24. The minimum absolute atomic E-state index is 0.682. The Kier molecular flexibility index (Phi) is 9.12. The van der Waals surface area contributed by atoms with Crippen molar-refractivity contribution in [2.75, 3.05) is 33.5 Å². The molecule has 102 valence electrons. The molecule has 0 aliphatic carbocycles. The molecule has 18 heavy (non-hydrogen) atoms. The van der Waals surface area contributed by atoms with Gasteiger partial charge in [0.2, 0.25) is 0 Å². The lowest BCUT2D eigenvalue weighted by Gasteiger charge is -2.06. The standard InChI is InChI=1S/C14H22BrNO2/c1-17-10-11-18-9-3-2-8-16-12-13-4-6-14(15)7-5-13/h4-7,16H,2-3,8-12H2,1H3. The smallest absolute Gasteiger partial charge is 0.0700 e. The molecule has 0 saturated heterocycles. The van der Waals surface area contributed by atoms with Gasteiger partial charge in [0.25, 0.3) is 0 Å². The summed E-state index contributed by atoms with van der Waals surface area (Å²) in [6, 6.07) is 8.40. The van der Waals surface area contributed by atoms with Crippen LogP contribution in [0.1, 0.15) is 18.4 Å². The second-order valence-corrected chi connectivity index (χ2v) is 5.03. The monoisotopic (exact) mass is 315 g/mol. The molecule has 1 aromatic rings. The number of ether oxygens (including phenoxy) is 2. The quantitative estimate of drug-likeness (QED) is 0.673. The van der Waals surface area contributed by atoms with Gasteiger partial charge in [-0.3, -0.25) is 0 Å². The number of unbranched alkanes of at least 4 members (excludes halogenated alkanes) is 1. The topological polar surface area (TPSA) is 30.5 Å². The summed E-state index contributed by atoms with van der Waals surface area (Å²) >= 11 is 3.43. The summed E-state index contributed by atoms with van der Waals surface area (Å²) in [6.45, 7) is 4.16. The predicted octanol–water partition coefficient (Wildman–Crippen LogP) is 2.98. The SMILES string of the molecule is COCCOCCCCNCc1ccc(Br)cc1. The second kappa shape index (κ2) is 10.5. The summed E-state index contributed by atoms with van der Waals surface area (Å²) < 4.78 is 11.4. The average Bonchev–Trinajstić information content (AvgIpc) is 2.39. The van der Waals surface area contributed by atoms with Gasteiger partial charge < -0.3 is 14.8 Å². The molecule has 1 N–H and O–H groups in total. The highest BCUT2D eigenvalue weighted by atomic mass is 79.9. The fourth-order valence-corrected chi connectivity index (χ4v) is 1.80. The first-order chi connectivity index (χ1) is 8.83. The van der Waals surface area contributed by atoms with Gasteiger partial charge in [-0.1, -0.05) is 28.1 Å². The average molecular weight is 316 g/mol. The van der Waals surface area contributed by atoms with E-state index in [9.17, 15) is 0 Å². The fraction of sp³-hybridized carbons (Fsp3) is 0.571. The Morgan fingerprint density at radius 1 is 1.06 bits per heavy atom. The molecule has 0 unspecified atom stereocenters. The van der Waals surface area contributed by atoms with Crippen molar-refractivity contribution in [3.05, 3.63) is 34.3 Å². The van der Waals surface area contributed by atoms with Crippen molar-refractivity contribution in [1.82, 2.24) is 5.32 Å². The van der Waals surface area contributed by atoms with Crippen LogP contribution in [-0.4, -0.2) is 33.5 Å². The molecule has 0 fully saturated rings. The molecule has 0 aromatic heterocycles. The third-order valence-corrected chi connectivity index (χ3v) is 3.10. The molecular formula is C14H22BrNO2. The highest BCUT2D eigenvalue weighted by molar-refractivity contribution is 9.10. The largest absolute Gasteiger partial charge is 0.382 e. The number of methoxy groups -OCH3 is 1. The van der Waals surface area contributed by atoms with E-state index in [1.807, 2.05) is 0 Å². The highest BCUT2D eigenvalue weighted by Crippen LogP contribution is 2.10. The summed E-state index contributed by atoms with van der Waals surface area (Å²) in [5, 5.41) is 3.43. The minimum Gasteiger partial charge on any atom is -0.382 e. The lowest BCUT2D eigenvalue weighted by atomic mass is 10.2. The van der Waals surface area contributed by atoms with E-state index < -0.39 is 0 Å². The number of halogens is 1. The zero-order chi connectivity index (χ0) is 13.1. The minimum atomic E-state index is 0.682. The molecule has 0 atom stereocenters. The summed E-state index contributed by atoms with van der Waals surface area (Å²) in [5.41, 5.74) is 1.31. The maximum atomic E-state index is 5.39. The first-order valence-electron chi connectivity index (χ1n) is 6.35. The van der Waals surface area contributed by atoms with Crippen LogP contribution in [0.4, 0.5) is 0 Å². The molecule has 1 aromatic carbocycles. The van der Waals surface area contributed by atoms with Crippen LogP contribution in [-0.2, 0) is 16.0 Å². The molecule has 4 heteroatoms. The van der Waals surface area contributed by atoms with E-state index in [-0.39, 0.29) is 0 Å². The fourth-order valence-electron chi connectivity index (χ4n) is 1.53. The van der Waals surface area contributed by atoms with Crippen molar-refractivity contribution in [2.45, 2.75) is 19.4 Å². The second-order valence-electron chi connectivity index (χ2n) is 4.12. The van der Waals surface area contributed by atoms with Crippen LogP contribution in [0.25, 0.3) is 0 Å². The molecule has 0 aliphatic heterocycles. The van der Waals surface area contributed by atoms with E-state index >= 15 is 0 Å². The van der Waals surface area contributed by atoms with Gasteiger partial charge in [0.05, 0.1) is 13.2 Å². The Bertz CT molecular complexity index is 303. The van der Waals surface area contributed by atoms with Crippen LogP contribution < -0.4 is 5.32 Å². The van der Waals surface area contributed by atoms with E-state index in [2.05, 4.69) is 45.5 Å². The lowest BCUT2D eigenvalue weighted by Crippen LogP contribution is -2.15. The molecule has 3 nitrogen and oxygen atoms in total. The van der Waals surface area contributed by atoms with Gasteiger partial charge in [-0.2, -0.15) is 0 Å². The molecule has 0 saturated carbocycles. The Morgan fingerprint density at radius 2 is 1.83 bits per heavy atom. The van der Waals surface area contributed by atoms with E-state index in [1.165, 1.54) is 5.56 Å². The third kappa shape index (κ3) is 7.82. The van der Waals surface area contributed by atoms with E-state index in [0.29, 0.717) is 13.2 Å². The number of nitrogens with one attached hydrogen (secondary N) is 1. The van der Waals surface area contributed by atoms with Crippen molar-refractivity contribution < 1.29 is 9.47 Å². The first kappa shape index (κ1) is 15.6. The maximum absolute atomic E-state index is 5.39. The summed E-state index contributed by atoms with van der Waals surface area (Å²) in [4.78, 5) is 0. The molecule has 0 aliphatic rings. The molecule has 0 amide bonds. The van der Waals surface area contributed by atoms with Crippen molar-refractivity contribution in [1.29, 1.82) is 0 Å². The van der Waals surface area contributed by atoms with Gasteiger partial charge in [-0.05, 0) is 37.1 Å². The van der Waals surface area contributed by atoms with Gasteiger partial charge in [-0.15, -0.1) is 0 Å². The van der Waals surface area contributed by atoms with Crippen molar-refractivity contribution in [2.24, 2.45) is 0 Å². The van der Waals surface area contributed by atoms with E-state index in [0.717, 1.165) is 37.0 Å². The Hall–Kier alpha value is -0.420. The Labute approximate surface area is 118 Å². The first-order valence-corrected chi connectivity index (χ1v) is 7.14. The van der Waals surface area contributed by atoms with Gasteiger partial charge >= 0.3 is 0 Å². The molecule has 0 radical (unpaired) electrons. The lowest BCUT2D eigenvalue weighted by molar-refractivity contribution is 0.0688. The molecule has 0 heterocycles. The van der Waals surface area contributed by atoms with Gasteiger partial charge in [0.15, 0.2) is 0 Å². The zero-order valence-electron chi connectivity index (χ0n) is 11.0. The maximum Gasteiger partial charge on any atom is 0.0700 e. The van der Waals surface area contributed by atoms with Gasteiger partial charge in [0, 0.05) is 24.7 Å². The molecular weight excluding hydrogens is 294 g/mol. The number of benzene rings is 1. The molecule has 1 rings (SSSR count). The van der Waals surface area contributed by atoms with E-state index in [1.54, 1.807) is 7.11 Å². The van der Waals surface area contributed by atoms with Crippen LogP contribution in [0, 0.1) is 0 Å². The number of hydrogen-bond acceptors (Lipinski definition) is 3. The van der Waals surface area contributed by atoms with Gasteiger partial charge in [0.1, 0.15) is 0 Å². The van der Waals surface area contributed by atoms with Crippen LogP contribution in [0.2, 0.25) is 0 Å². The van der Waals surface area contributed by atoms with Gasteiger partial charge in [-0.25, -0.2) is 0 Å². The molecule has 0 spiro atoms. The van der Waals surface area contributed by atoms with Crippen LogP contribution in [0.3, 0.4) is 0 Å². The third-order valence-electron chi connectivity index (χ3n) is 2.57. The Balaban J connectivity index is 1.91. The van der Waals surface area contributed by atoms with Crippen LogP contribution >= 0.6 is 15.9 Å². The van der Waals surface area contributed by atoms with Crippen molar-refractivity contribution in [3.8, 4) is 0 Å². The summed E-state index contributed by atoms with van der Waals surface area (Å²) in [7, 11) is 1.69. The van der Waals surface area contributed by atoms with E-state index in [4.69, 9.17) is 9.47 Å². The normalized spacial score (nSPS) is 10.8.